The fourth-order valence-electron chi connectivity index (χ4n) is 7.30. The molecule has 0 saturated heterocycles. The lowest BCUT2D eigenvalue weighted by Gasteiger charge is -2.58. The van der Waals surface area contributed by atoms with Crippen LogP contribution < -0.4 is 5.32 Å². The number of carbonyl (C=O) groups is 2. The molecule has 7 heteroatoms. The molecular formula is C25H34N2O5. The Morgan fingerprint density at radius 3 is 2.69 bits per heavy atom. The Morgan fingerprint density at radius 2 is 1.97 bits per heavy atom. The molecule has 0 aromatic rings. The van der Waals surface area contributed by atoms with Gasteiger partial charge in [-0.05, 0) is 80.6 Å². The summed E-state index contributed by atoms with van der Waals surface area (Å²) in [7, 11) is 0. The molecule has 0 bridgehead atoms. The van der Waals surface area contributed by atoms with Crippen molar-refractivity contribution in [1.29, 1.82) is 0 Å². The Morgan fingerprint density at radius 1 is 1.22 bits per heavy atom. The van der Waals surface area contributed by atoms with E-state index in [0.717, 1.165) is 50.7 Å². The molecular weight excluding hydrogens is 408 g/mol. The van der Waals surface area contributed by atoms with E-state index < -0.39 is 24.0 Å². The predicted molar refractivity (Wildman–Crippen MR) is 120 cm³/mol. The molecule has 174 valence electrons. The minimum atomic E-state index is -1.10. The van der Waals surface area contributed by atoms with Crippen LogP contribution in [0.15, 0.2) is 16.8 Å². The van der Waals surface area contributed by atoms with Gasteiger partial charge < -0.3 is 20.4 Å². The van der Waals surface area contributed by atoms with Gasteiger partial charge in [0.25, 0.3) is 5.91 Å². The van der Waals surface area contributed by atoms with Gasteiger partial charge >= 0.3 is 5.97 Å². The number of hydrogen-bond acceptors (Lipinski definition) is 5. The first-order valence-corrected chi connectivity index (χ1v) is 11.7. The van der Waals surface area contributed by atoms with Crippen molar-refractivity contribution in [2.75, 3.05) is 13.2 Å². The summed E-state index contributed by atoms with van der Waals surface area (Å²) in [6.45, 7) is 3.88. The van der Waals surface area contributed by atoms with Gasteiger partial charge in [0, 0.05) is 5.41 Å². The summed E-state index contributed by atoms with van der Waals surface area (Å²) in [6.07, 6.45) is 15.6. The second-order valence-electron chi connectivity index (χ2n) is 10.5. The summed E-state index contributed by atoms with van der Waals surface area (Å²) in [5.74, 6) is 2.80. The molecule has 0 aromatic carbocycles. The van der Waals surface area contributed by atoms with Gasteiger partial charge in [0.2, 0.25) is 0 Å². The first kappa shape index (κ1) is 22.8. The average Bonchev–Trinajstić information content (AvgIpc) is 3.04. The van der Waals surface area contributed by atoms with Crippen LogP contribution in [-0.4, -0.2) is 46.6 Å². The van der Waals surface area contributed by atoms with E-state index in [9.17, 15) is 14.7 Å². The fourth-order valence-corrected chi connectivity index (χ4v) is 7.30. The highest BCUT2D eigenvalue weighted by atomic mass is 16.6. The summed E-state index contributed by atoms with van der Waals surface area (Å²) in [4.78, 5) is 27.3. The Balaban J connectivity index is 1.44. The van der Waals surface area contributed by atoms with E-state index in [1.807, 2.05) is 0 Å². The number of carboxylic acids is 1. The first-order valence-electron chi connectivity index (χ1n) is 11.7. The quantitative estimate of drug-likeness (QED) is 0.448. The van der Waals surface area contributed by atoms with Gasteiger partial charge in [-0.3, -0.25) is 9.59 Å². The first-order chi connectivity index (χ1) is 15.1. The number of amides is 1. The number of fused-ring (bicyclic) bond motifs is 5. The Hall–Kier alpha value is -2.33. The maximum atomic E-state index is 11.6. The third-order valence-electron chi connectivity index (χ3n) is 9.18. The second kappa shape index (κ2) is 8.22. The third kappa shape index (κ3) is 3.63. The van der Waals surface area contributed by atoms with Gasteiger partial charge in [-0.2, -0.15) is 0 Å². The largest absolute Gasteiger partial charge is 0.480 e. The zero-order valence-electron chi connectivity index (χ0n) is 19.0. The molecule has 3 N–H and O–H groups in total. The fraction of sp³-hybridized carbons (Fsp3) is 0.720. The van der Waals surface area contributed by atoms with Crippen molar-refractivity contribution in [1.82, 2.24) is 5.32 Å². The molecule has 4 rings (SSSR count). The van der Waals surface area contributed by atoms with Gasteiger partial charge in [-0.25, -0.2) is 0 Å². The van der Waals surface area contributed by atoms with Gasteiger partial charge in [0.1, 0.15) is 12.1 Å². The Kier molecular flexibility index (Phi) is 5.87. The molecule has 1 amide bonds. The van der Waals surface area contributed by atoms with Crippen molar-refractivity contribution in [2.24, 2.45) is 33.7 Å². The summed E-state index contributed by atoms with van der Waals surface area (Å²) in [6, 6.07) is 0. The van der Waals surface area contributed by atoms with Crippen LogP contribution >= 0.6 is 0 Å². The number of carbonyl (C=O) groups excluding carboxylic acids is 1. The van der Waals surface area contributed by atoms with E-state index in [2.05, 4.69) is 36.3 Å². The molecule has 4 aliphatic rings. The number of hydrogen-bond donors (Lipinski definition) is 3. The van der Waals surface area contributed by atoms with Gasteiger partial charge in [0.05, 0.1) is 5.71 Å². The summed E-state index contributed by atoms with van der Waals surface area (Å²) in [5, 5.41) is 26.1. The summed E-state index contributed by atoms with van der Waals surface area (Å²) >= 11 is 0. The minimum absolute atomic E-state index is 0.124. The lowest BCUT2D eigenvalue weighted by Crippen LogP contribution is -2.54. The molecule has 0 heterocycles. The van der Waals surface area contributed by atoms with Crippen LogP contribution in [0.2, 0.25) is 0 Å². The monoisotopic (exact) mass is 442 g/mol. The molecule has 4 aliphatic carbocycles. The topological polar surface area (TPSA) is 108 Å². The molecule has 0 unspecified atom stereocenters. The number of rotatable bonds is 5. The SMILES string of the molecule is C#C[C@@]1(O)CC[C@@H]2[C@H]3CCC4=C/C(=N/OCC(=O)NCC(=O)O)CC[C@]4(C)[C@H]3CC[C@@]21C. The standard InChI is InChI=1S/C25H34N2O5/c1-4-25(31)12-9-20-18-6-5-16-13-17(27-32-15-21(28)26-14-22(29)30)7-10-23(16,2)19(18)8-11-24(20,25)3/h1,13,18-20,31H,5-12,14-15H2,2-3H3,(H,26,28)(H,29,30)/b27-17+/t18-,19-,20+,23-,24-,25+/m0/s1. The van der Waals surface area contributed by atoms with Crippen LogP contribution in [0.5, 0.6) is 0 Å². The van der Waals surface area contributed by atoms with Crippen LogP contribution in [0.1, 0.15) is 65.2 Å². The second-order valence-corrected chi connectivity index (χ2v) is 10.5. The normalized spacial score (nSPS) is 41.5. The highest BCUT2D eigenvalue weighted by Gasteiger charge is 2.63. The maximum Gasteiger partial charge on any atom is 0.322 e. The number of oxime groups is 1. The number of carboxylic acid groups (broad SMARTS) is 1. The third-order valence-corrected chi connectivity index (χ3v) is 9.18. The molecule has 0 aromatic heterocycles. The smallest absolute Gasteiger partial charge is 0.322 e. The van der Waals surface area contributed by atoms with E-state index in [1.54, 1.807) is 0 Å². The van der Waals surface area contributed by atoms with Crippen molar-refractivity contribution >= 4 is 17.6 Å². The van der Waals surface area contributed by atoms with E-state index in [4.69, 9.17) is 16.4 Å². The van der Waals surface area contributed by atoms with Crippen molar-refractivity contribution in [3.8, 4) is 12.3 Å². The lowest BCUT2D eigenvalue weighted by molar-refractivity contribution is -0.138. The number of terminal acetylenes is 1. The molecule has 7 nitrogen and oxygen atoms in total. The Labute approximate surface area is 189 Å². The van der Waals surface area contributed by atoms with Crippen molar-refractivity contribution < 1.29 is 24.6 Å². The number of aliphatic hydroxyl groups is 1. The van der Waals surface area contributed by atoms with Gasteiger partial charge in [-0.1, -0.05) is 30.5 Å². The van der Waals surface area contributed by atoms with Crippen LogP contribution in [0.3, 0.4) is 0 Å². The number of nitrogens with one attached hydrogen (secondary N) is 1. The number of nitrogens with zero attached hydrogens (tertiary/aromatic N) is 1. The molecule has 6 atom stereocenters. The van der Waals surface area contributed by atoms with Crippen molar-refractivity contribution in [2.45, 2.75) is 70.8 Å². The van der Waals surface area contributed by atoms with Crippen LogP contribution in [0, 0.1) is 40.9 Å². The number of allylic oxidation sites excluding steroid dienone is 2. The van der Waals surface area contributed by atoms with E-state index in [0.29, 0.717) is 24.2 Å². The van der Waals surface area contributed by atoms with E-state index in [-0.39, 0.29) is 17.4 Å². The molecule has 32 heavy (non-hydrogen) atoms. The summed E-state index contributed by atoms with van der Waals surface area (Å²) < 4.78 is 0. The zero-order valence-corrected chi connectivity index (χ0v) is 19.0. The molecule has 0 spiro atoms. The highest BCUT2D eigenvalue weighted by molar-refractivity contribution is 5.96. The highest BCUT2D eigenvalue weighted by Crippen LogP contribution is 2.67. The van der Waals surface area contributed by atoms with Crippen LogP contribution in [-0.2, 0) is 14.4 Å². The van der Waals surface area contributed by atoms with Crippen LogP contribution in [0.25, 0.3) is 0 Å². The minimum Gasteiger partial charge on any atom is -0.480 e. The van der Waals surface area contributed by atoms with Gasteiger partial charge in [-0.15, -0.1) is 6.42 Å². The number of aliphatic carboxylic acids is 1. The molecule has 3 saturated carbocycles. The molecule has 0 radical (unpaired) electrons. The maximum absolute atomic E-state index is 11.6. The predicted octanol–water partition coefficient (Wildman–Crippen LogP) is 2.89. The Bertz CT molecular complexity index is 904. The average molecular weight is 443 g/mol. The zero-order chi connectivity index (χ0) is 23.1. The summed E-state index contributed by atoms with van der Waals surface area (Å²) in [5.41, 5.74) is 1.22. The van der Waals surface area contributed by atoms with Gasteiger partial charge in [0.15, 0.2) is 6.61 Å². The lowest BCUT2D eigenvalue weighted by atomic mass is 9.46. The molecule has 0 aliphatic heterocycles. The van der Waals surface area contributed by atoms with Crippen molar-refractivity contribution in [3.63, 3.8) is 0 Å². The van der Waals surface area contributed by atoms with Crippen molar-refractivity contribution in [3.05, 3.63) is 11.6 Å². The van der Waals surface area contributed by atoms with Crippen LogP contribution in [0.4, 0.5) is 0 Å². The van der Waals surface area contributed by atoms with E-state index >= 15 is 0 Å². The molecule has 3 fully saturated rings. The van der Waals surface area contributed by atoms with E-state index in [1.165, 1.54) is 5.57 Å².